The van der Waals surface area contributed by atoms with E-state index in [1.807, 2.05) is 0 Å². The maximum Gasteiger partial charge on any atom is 0.416 e. The van der Waals surface area contributed by atoms with Crippen molar-refractivity contribution in [2.45, 2.75) is 6.18 Å². The van der Waals surface area contributed by atoms with Gasteiger partial charge in [0.25, 0.3) is 0 Å². The van der Waals surface area contributed by atoms with Gasteiger partial charge in [0.2, 0.25) is 5.91 Å². The van der Waals surface area contributed by atoms with E-state index < -0.39 is 36.0 Å². The van der Waals surface area contributed by atoms with Gasteiger partial charge in [-0.1, -0.05) is 6.07 Å². The van der Waals surface area contributed by atoms with Crippen molar-refractivity contribution < 1.29 is 27.2 Å². The van der Waals surface area contributed by atoms with Crippen LogP contribution in [0.5, 0.6) is 0 Å². The standard InChI is InChI=1S/C16H13F4N3O2/c17-11-2-1-3-13(8-11)22-14(24)9-21-15(25)23-12-6-4-10(5-7-12)16(18,19)20/h1-8H,9H2,(H,22,24)(H2,21,23,25). The minimum atomic E-state index is -4.46. The minimum absolute atomic E-state index is 0.135. The SMILES string of the molecule is O=C(CNC(=O)Nc1ccc(C(F)(F)F)cc1)Nc1cccc(F)c1. The van der Waals surface area contributed by atoms with Crippen molar-refractivity contribution in [1.29, 1.82) is 0 Å². The number of carbonyl (C=O) groups excluding carboxylic acids is 2. The van der Waals surface area contributed by atoms with Crippen LogP contribution in [0.2, 0.25) is 0 Å². The van der Waals surface area contributed by atoms with Gasteiger partial charge in [0.05, 0.1) is 12.1 Å². The van der Waals surface area contributed by atoms with Crippen molar-refractivity contribution in [3.8, 4) is 0 Å². The summed E-state index contributed by atoms with van der Waals surface area (Å²) in [5.41, 5.74) is -0.473. The maximum absolute atomic E-state index is 13.0. The summed E-state index contributed by atoms with van der Waals surface area (Å²) in [4.78, 5) is 23.3. The van der Waals surface area contributed by atoms with E-state index in [1.165, 1.54) is 18.2 Å². The van der Waals surface area contributed by atoms with Crippen LogP contribution in [0, 0.1) is 5.82 Å². The predicted molar refractivity (Wildman–Crippen MR) is 83.5 cm³/mol. The number of benzene rings is 2. The molecule has 0 aliphatic heterocycles. The molecule has 5 nitrogen and oxygen atoms in total. The quantitative estimate of drug-likeness (QED) is 0.734. The fourth-order valence-electron chi connectivity index (χ4n) is 1.85. The second-order valence-electron chi connectivity index (χ2n) is 4.94. The first-order valence-electron chi connectivity index (χ1n) is 7.01. The van der Waals surface area contributed by atoms with E-state index in [0.717, 1.165) is 30.3 Å². The second kappa shape index (κ2) is 7.65. The summed E-state index contributed by atoms with van der Waals surface area (Å²) in [5, 5.41) is 6.90. The number of hydrogen-bond donors (Lipinski definition) is 3. The van der Waals surface area contributed by atoms with Crippen molar-refractivity contribution in [3.63, 3.8) is 0 Å². The van der Waals surface area contributed by atoms with Crippen LogP contribution in [-0.2, 0) is 11.0 Å². The van der Waals surface area contributed by atoms with Crippen LogP contribution in [0.25, 0.3) is 0 Å². The number of amides is 3. The fraction of sp³-hybridized carbons (Fsp3) is 0.125. The third-order valence-electron chi connectivity index (χ3n) is 2.99. The van der Waals surface area contributed by atoms with Crippen LogP contribution in [0.15, 0.2) is 48.5 Å². The molecule has 0 spiro atoms. The van der Waals surface area contributed by atoms with Crippen LogP contribution in [-0.4, -0.2) is 18.5 Å². The molecular weight excluding hydrogens is 342 g/mol. The lowest BCUT2D eigenvalue weighted by Crippen LogP contribution is -2.35. The third-order valence-corrected chi connectivity index (χ3v) is 2.99. The highest BCUT2D eigenvalue weighted by atomic mass is 19.4. The number of carbonyl (C=O) groups is 2. The van der Waals surface area contributed by atoms with E-state index in [-0.39, 0.29) is 11.4 Å². The van der Waals surface area contributed by atoms with Gasteiger partial charge in [0.15, 0.2) is 0 Å². The van der Waals surface area contributed by atoms with E-state index >= 15 is 0 Å². The van der Waals surface area contributed by atoms with E-state index in [1.54, 1.807) is 0 Å². The predicted octanol–water partition coefficient (Wildman–Crippen LogP) is 3.60. The summed E-state index contributed by atoms with van der Waals surface area (Å²) in [6.07, 6.45) is -4.46. The zero-order valence-corrected chi connectivity index (χ0v) is 12.7. The van der Waals surface area contributed by atoms with Crippen molar-refractivity contribution >= 4 is 23.3 Å². The van der Waals surface area contributed by atoms with E-state index in [4.69, 9.17) is 0 Å². The van der Waals surface area contributed by atoms with Gasteiger partial charge in [-0.05, 0) is 42.5 Å². The van der Waals surface area contributed by atoms with Gasteiger partial charge in [-0.15, -0.1) is 0 Å². The topological polar surface area (TPSA) is 70.2 Å². The fourth-order valence-corrected chi connectivity index (χ4v) is 1.85. The highest BCUT2D eigenvalue weighted by Crippen LogP contribution is 2.29. The Labute approximate surface area is 140 Å². The number of hydrogen-bond acceptors (Lipinski definition) is 2. The molecule has 0 bridgehead atoms. The number of halogens is 4. The van der Waals surface area contributed by atoms with Gasteiger partial charge in [0, 0.05) is 11.4 Å². The molecule has 0 saturated carbocycles. The minimum Gasteiger partial charge on any atom is -0.329 e. The molecule has 2 aromatic carbocycles. The first-order valence-corrected chi connectivity index (χ1v) is 7.01. The van der Waals surface area contributed by atoms with Gasteiger partial charge in [-0.3, -0.25) is 4.79 Å². The molecule has 132 valence electrons. The Balaban J connectivity index is 1.81. The normalized spacial score (nSPS) is 10.9. The monoisotopic (exact) mass is 355 g/mol. The largest absolute Gasteiger partial charge is 0.416 e. The summed E-state index contributed by atoms with van der Waals surface area (Å²) in [5.74, 6) is -1.11. The number of rotatable bonds is 4. The lowest BCUT2D eigenvalue weighted by Gasteiger charge is -2.10. The Morgan fingerprint density at radius 3 is 2.20 bits per heavy atom. The molecule has 3 N–H and O–H groups in total. The maximum atomic E-state index is 13.0. The molecular formula is C16H13F4N3O2. The average Bonchev–Trinajstić information content (AvgIpc) is 2.53. The van der Waals surface area contributed by atoms with Gasteiger partial charge < -0.3 is 16.0 Å². The first-order chi connectivity index (χ1) is 11.7. The third kappa shape index (κ3) is 5.79. The van der Waals surface area contributed by atoms with Crippen LogP contribution in [0.4, 0.5) is 33.7 Å². The van der Waals surface area contributed by atoms with Crippen LogP contribution >= 0.6 is 0 Å². The summed E-state index contributed by atoms with van der Waals surface area (Å²) in [7, 11) is 0. The molecule has 9 heteroatoms. The Morgan fingerprint density at radius 2 is 1.60 bits per heavy atom. The number of alkyl halides is 3. The zero-order valence-electron chi connectivity index (χ0n) is 12.7. The Bertz CT molecular complexity index is 761. The van der Waals surface area contributed by atoms with Crippen molar-refractivity contribution in [1.82, 2.24) is 5.32 Å². The number of urea groups is 1. The van der Waals surface area contributed by atoms with Crippen molar-refractivity contribution in [2.75, 3.05) is 17.2 Å². The summed E-state index contributed by atoms with van der Waals surface area (Å²) in [6, 6.07) is 8.28. The highest BCUT2D eigenvalue weighted by molar-refractivity contribution is 5.96. The van der Waals surface area contributed by atoms with Gasteiger partial charge in [-0.25, -0.2) is 9.18 Å². The molecule has 0 atom stereocenters. The molecule has 0 aliphatic rings. The van der Waals surface area contributed by atoms with Gasteiger partial charge in [-0.2, -0.15) is 13.2 Å². The molecule has 0 heterocycles. The van der Waals surface area contributed by atoms with Crippen LogP contribution in [0.3, 0.4) is 0 Å². The lowest BCUT2D eigenvalue weighted by molar-refractivity contribution is -0.137. The molecule has 0 radical (unpaired) electrons. The molecule has 0 aliphatic carbocycles. The first kappa shape index (κ1) is 18.2. The van der Waals surface area contributed by atoms with Crippen molar-refractivity contribution in [3.05, 3.63) is 59.9 Å². The van der Waals surface area contributed by atoms with Gasteiger partial charge >= 0.3 is 12.2 Å². The zero-order chi connectivity index (χ0) is 18.4. The molecule has 0 aromatic heterocycles. The number of nitrogens with one attached hydrogen (secondary N) is 3. The average molecular weight is 355 g/mol. The molecule has 2 aromatic rings. The summed E-state index contributed by atoms with van der Waals surface area (Å²) >= 11 is 0. The van der Waals surface area contributed by atoms with Crippen molar-refractivity contribution in [2.24, 2.45) is 0 Å². The van der Waals surface area contributed by atoms with E-state index in [9.17, 15) is 27.2 Å². The molecule has 25 heavy (non-hydrogen) atoms. The Hall–Kier alpha value is -3.10. The summed E-state index contributed by atoms with van der Waals surface area (Å²) in [6.45, 7) is -0.400. The highest BCUT2D eigenvalue weighted by Gasteiger charge is 2.29. The van der Waals surface area contributed by atoms with Gasteiger partial charge in [0.1, 0.15) is 5.82 Å². The lowest BCUT2D eigenvalue weighted by atomic mass is 10.2. The molecule has 3 amide bonds. The summed E-state index contributed by atoms with van der Waals surface area (Å²) < 4.78 is 50.3. The molecule has 0 fully saturated rings. The van der Waals surface area contributed by atoms with E-state index in [0.29, 0.717) is 0 Å². The Morgan fingerprint density at radius 1 is 0.920 bits per heavy atom. The van der Waals surface area contributed by atoms with Crippen LogP contribution in [0.1, 0.15) is 5.56 Å². The second-order valence-corrected chi connectivity index (χ2v) is 4.94. The molecule has 2 rings (SSSR count). The number of anilines is 2. The van der Waals surface area contributed by atoms with E-state index in [2.05, 4.69) is 16.0 Å². The molecule has 0 unspecified atom stereocenters. The smallest absolute Gasteiger partial charge is 0.329 e. The molecule has 0 saturated heterocycles. The Kier molecular flexibility index (Phi) is 5.58. The van der Waals surface area contributed by atoms with Crippen LogP contribution < -0.4 is 16.0 Å².